The summed E-state index contributed by atoms with van der Waals surface area (Å²) in [6, 6.07) is 75.6. The third kappa shape index (κ3) is 5.16. The predicted octanol–water partition coefficient (Wildman–Crippen LogP) is 16.3. The number of rotatable bonds is 6. The van der Waals surface area contributed by atoms with Gasteiger partial charge in [0.15, 0.2) is 0 Å². The lowest BCUT2D eigenvalue weighted by atomic mass is 9.98. The molecule has 0 unspecified atom stereocenters. The fraction of sp³-hybridized carbons (Fsp3) is 0. The zero-order valence-corrected chi connectivity index (χ0v) is 33.0. The van der Waals surface area contributed by atoms with Gasteiger partial charge < -0.3 is 9.47 Å². The van der Waals surface area contributed by atoms with Gasteiger partial charge in [0.1, 0.15) is 0 Å². The van der Waals surface area contributed by atoms with Crippen molar-refractivity contribution in [3.05, 3.63) is 206 Å². The summed E-state index contributed by atoms with van der Waals surface area (Å²) in [6.07, 6.45) is 0. The second kappa shape index (κ2) is 13.3. The number of anilines is 3. The number of benzene rings is 9. The molecule has 0 saturated carbocycles. The Morgan fingerprint density at radius 2 is 0.759 bits per heavy atom. The van der Waals surface area contributed by atoms with Crippen LogP contribution < -0.4 is 4.90 Å². The average molecular weight is 775 g/mol. The standard InChI is InChI=1S/C54H34N2S2/c1-6-18-44(56-45-19-7-2-14-40(45)41-15-3-8-20-46(41)56)39(13-1)37-29-27-35(28-30-37)36-31-33-38(34-32-36)55(47-21-11-25-51-53(47)42-16-4-9-23-49(42)57-51)48-22-12-26-52-54(48)43-17-5-10-24-50(43)58-52/h1-34H. The maximum Gasteiger partial charge on any atom is 0.0555 e. The van der Waals surface area contributed by atoms with Crippen molar-refractivity contribution in [1.29, 1.82) is 0 Å². The molecule has 0 spiro atoms. The quantitative estimate of drug-likeness (QED) is 0.163. The molecule has 0 aliphatic carbocycles. The molecule has 12 aromatic rings. The summed E-state index contributed by atoms with van der Waals surface area (Å²) >= 11 is 3.73. The maximum atomic E-state index is 2.49. The third-order valence-corrected chi connectivity index (χ3v) is 13.9. The molecular weight excluding hydrogens is 741 g/mol. The Morgan fingerprint density at radius 3 is 1.33 bits per heavy atom. The number of nitrogens with zero attached hydrogens (tertiary/aromatic N) is 2. The average Bonchev–Trinajstić information content (AvgIpc) is 3.97. The predicted molar refractivity (Wildman–Crippen MR) is 252 cm³/mol. The minimum atomic E-state index is 1.13. The van der Waals surface area contributed by atoms with Gasteiger partial charge in [0, 0.05) is 62.4 Å². The molecule has 3 heterocycles. The second-order valence-corrected chi connectivity index (χ2v) is 17.0. The van der Waals surface area contributed by atoms with Crippen molar-refractivity contribution in [3.8, 4) is 27.9 Å². The van der Waals surface area contributed by atoms with Crippen LogP contribution in [0.25, 0.3) is 90.1 Å². The van der Waals surface area contributed by atoms with E-state index < -0.39 is 0 Å². The molecule has 4 heteroatoms. The van der Waals surface area contributed by atoms with Crippen LogP contribution in [0, 0.1) is 0 Å². The molecule has 0 saturated heterocycles. The Morgan fingerprint density at radius 1 is 0.328 bits per heavy atom. The zero-order chi connectivity index (χ0) is 38.2. The summed E-state index contributed by atoms with van der Waals surface area (Å²) in [5.41, 5.74) is 11.9. The highest BCUT2D eigenvalue weighted by atomic mass is 32.1. The van der Waals surface area contributed by atoms with Crippen LogP contribution in [0.3, 0.4) is 0 Å². The van der Waals surface area contributed by atoms with E-state index in [-0.39, 0.29) is 0 Å². The maximum absolute atomic E-state index is 2.49. The second-order valence-electron chi connectivity index (χ2n) is 14.8. The van der Waals surface area contributed by atoms with E-state index in [1.165, 1.54) is 101 Å². The van der Waals surface area contributed by atoms with Crippen molar-refractivity contribution in [2.45, 2.75) is 0 Å². The van der Waals surface area contributed by atoms with Crippen molar-refractivity contribution in [1.82, 2.24) is 4.57 Å². The van der Waals surface area contributed by atoms with Crippen molar-refractivity contribution >= 4 is 102 Å². The minimum Gasteiger partial charge on any atom is -0.309 e. The topological polar surface area (TPSA) is 8.17 Å². The zero-order valence-electron chi connectivity index (χ0n) is 31.3. The van der Waals surface area contributed by atoms with Gasteiger partial charge in [0.05, 0.1) is 28.1 Å². The Balaban J connectivity index is 0.968. The highest BCUT2D eigenvalue weighted by Gasteiger charge is 2.22. The summed E-state index contributed by atoms with van der Waals surface area (Å²) in [5, 5.41) is 7.71. The number of aromatic nitrogens is 1. The van der Waals surface area contributed by atoms with Crippen LogP contribution >= 0.6 is 22.7 Å². The molecular formula is C54H34N2S2. The molecule has 58 heavy (non-hydrogen) atoms. The third-order valence-electron chi connectivity index (χ3n) is 11.6. The van der Waals surface area contributed by atoms with Crippen LogP contribution in [0.5, 0.6) is 0 Å². The number of hydrogen-bond donors (Lipinski definition) is 0. The monoisotopic (exact) mass is 774 g/mol. The van der Waals surface area contributed by atoms with E-state index in [1.54, 1.807) is 0 Å². The molecule has 0 aliphatic heterocycles. The molecule has 12 rings (SSSR count). The highest BCUT2D eigenvalue weighted by molar-refractivity contribution is 7.26. The molecule has 2 nitrogen and oxygen atoms in total. The Bertz CT molecular complexity index is 3350. The first kappa shape index (κ1) is 33.2. The van der Waals surface area contributed by atoms with Gasteiger partial charge in [-0.3, -0.25) is 0 Å². The molecule has 9 aromatic carbocycles. The van der Waals surface area contributed by atoms with Gasteiger partial charge in [-0.2, -0.15) is 0 Å². The van der Waals surface area contributed by atoms with Crippen molar-refractivity contribution in [2.75, 3.05) is 4.90 Å². The van der Waals surface area contributed by atoms with E-state index in [9.17, 15) is 0 Å². The van der Waals surface area contributed by atoms with Gasteiger partial charge in [-0.15, -0.1) is 22.7 Å². The lowest BCUT2D eigenvalue weighted by Crippen LogP contribution is -2.10. The first-order valence-electron chi connectivity index (χ1n) is 19.7. The molecule has 0 bridgehead atoms. The molecule has 0 radical (unpaired) electrons. The van der Waals surface area contributed by atoms with Crippen LogP contribution in [-0.4, -0.2) is 4.57 Å². The van der Waals surface area contributed by atoms with Gasteiger partial charge in [-0.05, 0) is 83.4 Å². The van der Waals surface area contributed by atoms with Crippen LogP contribution in [-0.2, 0) is 0 Å². The van der Waals surface area contributed by atoms with Gasteiger partial charge in [-0.1, -0.05) is 140 Å². The lowest BCUT2D eigenvalue weighted by Gasteiger charge is -2.27. The molecule has 0 fully saturated rings. The molecule has 272 valence electrons. The summed E-state index contributed by atoms with van der Waals surface area (Å²) < 4.78 is 7.61. The van der Waals surface area contributed by atoms with Crippen molar-refractivity contribution in [3.63, 3.8) is 0 Å². The van der Waals surface area contributed by atoms with E-state index in [4.69, 9.17) is 0 Å². The smallest absolute Gasteiger partial charge is 0.0555 e. The van der Waals surface area contributed by atoms with Gasteiger partial charge >= 0.3 is 0 Å². The number of thiophene rings is 2. The summed E-state index contributed by atoms with van der Waals surface area (Å²) in [5.74, 6) is 0. The van der Waals surface area contributed by atoms with Crippen LogP contribution in [0.15, 0.2) is 206 Å². The van der Waals surface area contributed by atoms with E-state index in [0.717, 1.165) is 5.69 Å². The molecule has 0 amide bonds. The van der Waals surface area contributed by atoms with E-state index in [0.29, 0.717) is 0 Å². The Kier molecular flexibility index (Phi) is 7.62. The van der Waals surface area contributed by atoms with E-state index in [2.05, 4.69) is 216 Å². The summed E-state index contributed by atoms with van der Waals surface area (Å²) in [4.78, 5) is 2.49. The fourth-order valence-corrected chi connectivity index (χ4v) is 11.3. The van der Waals surface area contributed by atoms with Crippen LogP contribution in [0.2, 0.25) is 0 Å². The fourth-order valence-electron chi connectivity index (χ4n) is 9.03. The van der Waals surface area contributed by atoms with Crippen molar-refractivity contribution in [2.24, 2.45) is 0 Å². The normalized spacial score (nSPS) is 11.8. The lowest BCUT2D eigenvalue weighted by molar-refractivity contribution is 1.18. The first-order valence-corrected chi connectivity index (χ1v) is 21.3. The Hall–Kier alpha value is -6.98. The van der Waals surface area contributed by atoms with Crippen LogP contribution in [0.4, 0.5) is 17.1 Å². The number of para-hydroxylation sites is 3. The molecule has 0 atom stereocenters. The number of hydrogen-bond acceptors (Lipinski definition) is 3. The molecule has 3 aromatic heterocycles. The minimum absolute atomic E-state index is 1.13. The SMILES string of the molecule is c1ccc(-n2c3ccccc3c3ccccc32)c(-c2ccc(-c3ccc(N(c4cccc5sc6ccccc6c45)c4cccc5sc6ccccc6c45)cc3)cc2)c1. The van der Waals surface area contributed by atoms with Gasteiger partial charge in [0.2, 0.25) is 0 Å². The summed E-state index contributed by atoms with van der Waals surface area (Å²) in [6.45, 7) is 0. The molecule has 0 aliphatic rings. The van der Waals surface area contributed by atoms with Gasteiger partial charge in [0.25, 0.3) is 0 Å². The first-order chi connectivity index (χ1) is 28.8. The van der Waals surface area contributed by atoms with E-state index in [1.807, 2.05) is 22.7 Å². The molecule has 0 N–H and O–H groups in total. The van der Waals surface area contributed by atoms with Crippen LogP contribution in [0.1, 0.15) is 0 Å². The Labute approximate surface area is 343 Å². The van der Waals surface area contributed by atoms with E-state index >= 15 is 0 Å². The summed E-state index contributed by atoms with van der Waals surface area (Å²) in [7, 11) is 0. The van der Waals surface area contributed by atoms with Gasteiger partial charge in [-0.25, -0.2) is 0 Å². The highest BCUT2D eigenvalue weighted by Crippen LogP contribution is 2.49. The largest absolute Gasteiger partial charge is 0.309 e. The van der Waals surface area contributed by atoms with Crippen molar-refractivity contribution < 1.29 is 0 Å². The number of fused-ring (bicyclic) bond motifs is 9.